The van der Waals surface area contributed by atoms with E-state index in [-0.39, 0.29) is 23.2 Å². The molecule has 1 unspecified atom stereocenters. The third-order valence-electron chi connectivity index (χ3n) is 4.32. The number of anilines is 1. The van der Waals surface area contributed by atoms with Crippen molar-refractivity contribution in [2.45, 2.75) is 11.1 Å². The first kappa shape index (κ1) is 19.4. The molecule has 1 aliphatic rings. The topological polar surface area (TPSA) is 139 Å². The largest absolute Gasteiger partial charge is 0.493 e. The molecule has 2 heterocycles. The van der Waals surface area contributed by atoms with Gasteiger partial charge in [-0.2, -0.15) is 10.2 Å². The number of thioether (sulfide) groups is 1. The number of hydrogen-bond donors (Lipinski definition) is 2. The molecule has 0 fully saturated rings. The van der Waals surface area contributed by atoms with E-state index in [9.17, 15) is 5.26 Å². The first-order valence-corrected chi connectivity index (χ1v) is 9.30. The van der Waals surface area contributed by atoms with Gasteiger partial charge < -0.3 is 30.4 Å². The van der Waals surface area contributed by atoms with Crippen molar-refractivity contribution >= 4 is 17.6 Å². The first-order chi connectivity index (χ1) is 13.5. The maximum atomic E-state index is 9.75. The minimum Gasteiger partial charge on any atom is -0.493 e. The van der Waals surface area contributed by atoms with Crippen LogP contribution in [0.1, 0.15) is 17.0 Å². The Morgan fingerprint density at radius 1 is 1.11 bits per heavy atom. The SMILES string of the molecule is COc1ccc(C2C(C#N)=C(N)Oc3nc(SC)nc(N)c32)c(OC)c1OC. The first-order valence-electron chi connectivity index (χ1n) is 8.08. The van der Waals surface area contributed by atoms with Crippen molar-refractivity contribution in [2.24, 2.45) is 5.73 Å². The molecular weight excluding hydrogens is 382 g/mol. The molecule has 0 bridgehead atoms. The molecule has 2 aromatic rings. The van der Waals surface area contributed by atoms with Gasteiger partial charge in [-0.25, -0.2) is 4.98 Å². The molecule has 1 aliphatic heterocycles. The quantitative estimate of drug-likeness (QED) is 0.565. The third kappa shape index (κ3) is 2.99. The normalized spacial score (nSPS) is 15.3. The van der Waals surface area contributed by atoms with Crippen LogP contribution in [-0.2, 0) is 0 Å². The number of allylic oxidation sites excluding steroid dienone is 1. The highest BCUT2D eigenvalue weighted by Gasteiger charge is 2.37. The second-order valence-corrected chi connectivity index (χ2v) is 6.44. The Morgan fingerprint density at radius 3 is 2.39 bits per heavy atom. The summed E-state index contributed by atoms with van der Waals surface area (Å²) < 4.78 is 22.0. The Bertz CT molecular complexity index is 1000. The fraction of sp³-hybridized carbons (Fsp3) is 0.278. The van der Waals surface area contributed by atoms with E-state index >= 15 is 0 Å². The van der Waals surface area contributed by atoms with Crippen LogP contribution in [0.4, 0.5) is 5.82 Å². The third-order valence-corrected chi connectivity index (χ3v) is 4.87. The maximum Gasteiger partial charge on any atom is 0.231 e. The highest BCUT2D eigenvalue weighted by Crippen LogP contribution is 2.50. The molecule has 0 radical (unpaired) electrons. The molecular formula is C18H19N5O4S. The lowest BCUT2D eigenvalue weighted by Gasteiger charge is -2.28. The van der Waals surface area contributed by atoms with Crippen molar-refractivity contribution in [3.8, 4) is 29.2 Å². The van der Waals surface area contributed by atoms with Gasteiger partial charge in [0.1, 0.15) is 17.5 Å². The molecule has 4 N–H and O–H groups in total. The summed E-state index contributed by atoms with van der Waals surface area (Å²) in [6.45, 7) is 0. The summed E-state index contributed by atoms with van der Waals surface area (Å²) in [5.41, 5.74) is 13.4. The van der Waals surface area contributed by atoms with E-state index in [2.05, 4.69) is 16.0 Å². The second-order valence-electron chi connectivity index (χ2n) is 5.66. The van der Waals surface area contributed by atoms with Crippen LogP contribution in [0.3, 0.4) is 0 Å². The number of ether oxygens (including phenoxy) is 4. The molecule has 0 spiro atoms. The smallest absolute Gasteiger partial charge is 0.231 e. The van der Waals surface area contributed by atoms with Crippen LogP contribution in [0.25, 0.3) is 0 Å². The number of methoxy groups -OCH3 is 3. The average Bonchev–Trinajstić information content (AvgIpc) is 2.71. The summed E-state index contributed by atoms with van der Waals surface area (Å²) in [6, 6.07) is 5.57. The van der Waals surface area contributed by atoms with Crippen LogP contribution in [0, 0.1) is 11.3 Å². The summed E-state index contributed by atoms with van der Waals surface area (Å²) in [5.74, 6) is 0.890. The molecule has 28 heavy (non-hydrogen) atoms. The summed E-state index contributed by atoms with van der Waals surface area (Å²) in [6.07, 6.45) is 1.82. The van der Waals surface area contributed by atoms with Crippen LogP contribution in [0.15, 0.2) is 28.7 Å². The zero-order valence-electron chi connectivity index (χ0n) is 15.8. The van der Waals surface area contributed by atoms with Crippen LogP contribution in [-0.4, -0.2) is 37.6 Å². The number of rotatable bonds is 5. The molecule has 9 nitrogen and oxygen atoms in total. The van der Waals surface area contributed by atoms with Gasteiger partial charge in [0.15, 0.2) is 16.7 Å². The van der Waals surface area contributed by atoms with E-state index < -0.39 is 5.92 Å². The number of nitrogens with two attached hydrogens (primary N) is 2. The van der Waals surface area contributed by atoms with Crippen molar-refractivity contribution in [3.63, 3.8) is 0 Å². The molecule has 0 saturated heterocycles. The number of aromatic nitrogens is 2. The molecule has 1 atom stereocenters. The predicted octanol–water partition coefficient (Wildman–Crippen LogP) is 2.02. The molecule has 0 amide bonds. The molecule has 146 valence electrons. The second kappa shape index (κ2) is 7.74. The highest BCUT2D eigenvalue weighted by atomic mass is 32.2. The van der Waals surface area contributed by atoms with Gasteiger partial charge in [0.2, 0.25) is 17.5 Å². The predicted molar refractivity (Wildman–Crippen MR) is 104 cm³/mol. The van der Waals surface area contributed by atoms with Gasteiger partial charge in [0, 0.05) is 5.56 Å². The van der Waals surface area contributed by atoms with Gasteiger partial charge in [0.25, 0.3) is 0 Å². The summed E-state index contributed by atoms with van der Waals surface area (Å²) in [4.78, 5) is 8.63. The van der Waals surface area contributed by atoms with E-state index in [4.69, 9.17) is 30.4 Å². The number of nitrogens with zero attached hydrogens (tertiary/aromatic N) is 3. The van der Waals surface area contributed by atoms with E-state index in [1.807, 2.05) is 6.26 Å². The fourth-order valence-electron chi connectivity index (χ4n) is 3.11. The summed E-state index contributed by atoms with van der Waals surface area (Å²) in [7, 11) is 4.52. The van der Waals surface area contributed by atoms with Gasteiger partial charge >= 0.3 is 0 Å². The minimum absolute atomic E-state index is 0.0537. The number of nitriles is 1. The Labute approximate surface area is 166 Å². The molecule has 3 rings (SSSR count). The Hall–Kier alpha value is -3.32. The molecule has 0 saturated carbocycles. The van der Waals surface area contributed by atoms with Gasteiger partial charge in [0.05, 0.1) is 32.8 Å². The maximum absolute atomic E-state index is 9.75. The summed E-state index contributed by atoms with van der Waals surface area (Å²) in [5, 5.41) is 10.2. The lowest BCUT2D eigenvalue weighted by atomic mass is 9.84. The van der Waals surface area contributed by atoms with Crippen molar-refractivity contribution < 1.29 is 18.9 Å². The van der Waals surface area contributed by atoms with Gasteiger partial charge in [-0.3, -0.25) is 0 Å². The molecule has 0 aliphatic carbocycles. The highest BCUT2D eigenvalue weighted by molar-refractivity contribution is 7.98. The number of benzene rings is 1. The summed E-state index contributed by atoms with van der Waals surface area (Å²) >= 11 is 1.31. The standard InChI is InChI=1S/C18H19N5O4S/c1-24-10-6-5-8(13(25-2)14(10)26-3)11-9(7-19)16(21)27-17-12(11)15(20)22-18(23-17)28-4/h5-6,11H,21H2,1-4H3,(H2,20,22,23). The van der Waals surface area contributed by atoms with E-state index in [0.717, 1.165) is 0 Å². The number of hydrogen-bond acceptors (Lipinski definition) is 10. The lowest BCUT2D eigenvalue weighted by Crippen LogP contribution is -2.24. The Morgan fingerprint density at radius 2 is 1.82 bits per heavy atom. The number of fused-ring (bicyclic) bond motifs is 1. The van der Waals surface area contributed by atoms with E-state index in [0.29, 0.717) is 33.5 Å². The average molecular weight is 401 g/mol. The molecule has 1 aromatic heterocycles. The van der Waals surface area contributed by atoms with Crippen LogP contribution < -0.4 is 30.4 Å². The zero-order valence-corrected chi connectivity index (χ0v) is 16.6. The van der Waals surface area contributed by atoms with Crippen molar-refractivity contribution in [2.75, 3.05) is 33.3 Å². The molecule has 10 heteroatoms. The van der Waals surface area contributed by atoms with Crippen molar-refractivity contribution in [1.82, 2.24) is 9.97 Å². The van der Waals surface area contributed by atoms with E-state index in [1.54, 1.807) is 12.1 Å². The van der Waals surface area contributed by atoms with Gasteiger partial charge in [-0.15, -0.1) is 0 Å². The van der Waals surface area contributed by atoms with Crippen LogP contribution >= 0.6 is 11.8 Å². The van der Waals surface area contributed by atoms with Gasteiger partial charge in [-0.05, 0) is 12.3 Å². The Kier molecular flexibility index (Phi) is 5.37. The van der Waals surface area contributed by atoms with Crippen molar-refractivity contribution in [3.05, 3.63) is 34.7 Å². The Balaban J connectivity index is 2.34. The fourth-order valence-corrected chi connectivity index (χ4v) is 3.48. The number of nitrogen functional groups attached to an aromatic ring is 1. The van der Waals surface area contributed by atoms with E-state index in [1.165, 1.54) is 33.1 Å². The monoisotopic (exact) mass is 401 g/mol. The van der Waals surface area contributed by atoms with Crippen LogP contribution in [0.5, 0.6) is 23.1 Å². The minimum atomic E-state index is -0.695. The zero-order chi connectivity index (χ0) is 20.4. The lowest BCUT2D eigenvalue weighted by molar-refractivity contribution is 0.320. The van der Waals surface area contributed by atoms with Crippen molar-refractivity contribution in [1.29, 1.82) is 5.26 Å². The molecule has 1 aromatic carbocycles. The van der Waals surface area contributed by atoms with Gasteiger partial charge in [-0.1, -0.05) is 17.8 Å². The van der Waals surface area contributed by atoms with Crippen LogP contribution in [0.2, 0.25) is 0 Å².